The van der Waals surface area contributed by atoms with Crippen molar-refractivity contribution in [3.05, 3.63) is 35.9 Å². The van der Waals surface area contributed by atoms with Crippen LogP contribution in [0.1, 0.15) is 52.2 Å². The predicted octanol–water partition coefficient (Wildman–Crippen LogP) is 3.66. The molecule has 0 aromatic heterocycles. The first-order chi connectivity index (χ1) is 9.90. The summed E-state index contributed by atoms with van der Waals surface area (Å²) in [5.74, 6) is -0.518. The minimum Gasteiger partial charge on any atom is -0.465 e. The molecular weight excluding hydrogens is 268 g/mol. The molecule has 21 heavy (non-hydrogen) atoms. The summed E-state index contributed by atoms with van der Waals surface area (Å²) >= 11 is 0. The van der Waals surface area contributed by atoms with E-state index in [0.29, 0.717) is 12.8 Å². The molecule has 0 saturated carbocycles. The molecule has 0 spiro atoms. The van der Waals surface area contributed by atoms with Crippen LogP contribution >= 0.6 is 0 Å². The van der Waals surface area contributed by atoms with Gasteiger partial charge in [-0.2, -0.15) is 0 Å². The van der Waals surface area contributed by atoms with E-state index in [1.165, 1.54) is 0 Å². The van der Waals surface area contributed by atoms with Gasteiger partial charge in [0.25, 0.3) is 0 Å². The second kappa shape index (κ2) is 7.81. The Morgan fingerprint density at radius 2 is 1.62 bits per heavy atom. The van der Waals surface area contributed by atoms with E-state index in [0.717, 1.165) is 5.56 Å². The van der Waals surface area contributed by atoms with Crippen LogP contribution in [0.3, 0.4) is 0 Å². The van der Waals surface area contributed by atoms with E-state index in [-0.39, 0.29) is 18.5 Å². The largest absolute Gasteiger partial charge is 0.465 e. The first kappa shape index (κ1) is 17.2. The van der Waals surface area contributed by atoms with E-state index >= 15 is 0 Å². The third-order valence-electron chi connectivity index (χ3n) is 3.24. The van der Waals surface area contributed by atoms with E-state index in [9.17, 15) is 9.59 Å². The molecule has 0 N–H and O–H groups in total. The number of carbonyl (C=O) groups excluding carboxylic acids is 2. The zero-order valence-corrected chi connectivity index (χ0v) is 13.2. The summed E-state index contributed by atoms with van der Waals surface area (Å²) in [6, 6.07) is 9.53. The molecule has 1 aromatic rings. The lowest BCUT2D eigenvalue weighted by Gasteiger charge is -2.33. The van der Waals surface area contributed by atoms with Crippen LogP contribution in [-0.2, 0) is 19.1 Å². The van der Waals surface area contributed by atoms with Crippen molar-refractivity contribution in [2.24, 2.45) is 5.41 Å². The predicted molar refractivity (Wildman–Crippen MR) is 80.6 cm³/mol. The average molecular weight is 292 g/mol. The van der Waals surface area contributed by atoms with Crippen LogP contribution in [0.2, 0.25) is 0 Å². The topological polar surface area (TPSA) is 52.6 Å². The van der Waals surface area contributed by atoms with Crippen molar-refractivity contribution in [3.63, 3.8) is 0 Å². The lowest BCUT2D eigenvalue weighted by molar-refractivity contribution is -0.162. The van der Waals surface area contributed by atoms with Crippen LogP contribution in [0.15, 0.2) is 30.3 Å². The molecule has 0 aliphatic rings. The molecule has 1 aromatic carbocycles. The number of benzene rings is 1. The maximum absolute atomic E-state index is 11.7. The molecule has 0 bridgehead atoms. The average Bonchev–Trinajstić information content (AvgIpc) is 2.50. The molecule has 0 radical (unpaired) electrons. The molecule has 1 atom stereocenters. The number of carbonyl (C=O) groups is 2. The van der Waals surface area contributed by atoms with Gasteiger partial charge in [0.15, 0.2) is 0 Å². The van der Waals surface area contributed by atoms with Gasteiger partial charge in [0.2, 0.25) is 0 Å². The molecular formula is C17H24O4. The number of esters is 2. The summed E-state index contributed by atoms with van der Waals surface area (Å²) in [5.41, 5.74) is 0.397. The second-order valence-corrected chi connectivity index (χ2v) is 5.64. The van der Waals surface area contributed by atoms with Gasteiger partial charge in [-0.3, -0.25) is 9.59 Å². The summed E-state index contributed by atoms with van der Waals surface area (Å²) in [5, 5.41) is 0. The van der Waals surface area contributed by atoms with Gasteiger partial charge >= 0.3 is 11.9 Å². The molecule has 0 aliphatic heterocycles. The fourth-order valence-electron chi connectivity index (χ4n) is 1.97. The Kier molecular flexibility index (Phi) is 6.40. The van der Waals surface area contributed by atoms with Gasteiger partial charge < -0.3 is 9.47 Å². The second-order valence-electron chi connectivity index (χ2n) is 5.64. The Labute approximate surface area is 126 Å². The highest BCUT2D eigenvalue weighted by molar-refractivity contribution is 5.69. The Morgan fingerprint density at radius 1 is 1.05 bits per heavy atom. The molecule has 0 heterocycles. The summed E-state index contributed by atoms with van der Waals surface area (Å²) in [7, 11) is 0. The molecule has 116 valence electrons. The van der Waals surface area contributed by atoms with Crippen LogP contribution in [0.4, 0.5) is 0 Å². The van der Waals surface area contributed by atoms with Crippen molar-refractivity contribution in [3.8, 4) is 0 Å². The van der Waals surface area contributed by atoms with Crippen molar-refractivity contribution in [1.82, 2.24) is 0 Å². The Bertz CT molecular complexity index is 465. The lowest BCUT2D eigenvalue weighted by Crippen LogP contribution is -2.32. The summed E-state index contributed by atoms with van der Waals surface area (Å²) in [6.45, 7) is 7.57. The van der Waals surface area contributed by atoms with Crippen LogP contribution in [0, 0.1) is 5.41 Å². The number of rotatable bonds is 7. The molecule has 0 fully saturated rings. The molecule has 1 unspecified atom stereocenters. The van der Waals surface area contributed by atoms with Crippen LogP contribution < -0.4 is 0 Å². The monoisotopic (exact) mass is 292 g/mol. The summed E-state index contributed by atoms with van der Waals surface area (Å²) in [6.07, 6.45) is 0.199. The van der Waals surface area contributed by atoms with Gasteiger partial charge in [0, 0.05) is 18.3 Å². The van der Waals surface area contributed by atoms with Crippen molar-refractivity contribution in [2.45, 2.75) is 46.6 Å². The van der Waals surface area contributed by atoms with E-state index in [4.69, 9.17) is 9.47 Å². The molecule has 0 amide bonds. The normalized spacial score (nSPS) is 12.6. The van der Waals surface area contributed by atoms with Gasteiger partial charge in [0.05, 0.1) is 0 Å². The van der Waals surface area contributed by atoms with Crippen LogP contribution in [-0.4, -0.2) is 18.5 Å². The molecule has 4 nitrogen and oxygen atoms in total. The molecule has 0 saturated heterocycles. The van der Waals surface area contributed by atoms with Gasteiger partial charge in [-0.1, -0.05) is 58.0 Å². The standard InChI is InChI=1S/C17H24O4/c1-5-14(18)20-12-17(3,4)16(21-15(19)6-2)13-10-8-7-9-11-13/h7-11,16H,5-6,12H2,1-4H3. The van der Waals surface area contributed by atoms with Gasteiger partial charge in [-0.25, -0.2) is 0 Å². The lowest BCUT2D eigenvalue weighted by atomic mass is 9.83. The van der Waals surface area contributed by atoms with E-state index in [1.807, 2.05) is 44.2 Å². The van der Waals surface area contributed by atoms with Crippen molar-refractivity contribution >= 4 is 11.9 Å². The van der Waals surface area contributed by atoms with Crippen molar-refractivity contribution in [2.75, 3.05) is 6.61 Å². The molecule has 4 heteroatoms. The van der Waals surface area contributed by atoms with Gasteiger partial charge in [-0.15, -0.1) is 0 Å². The summed E-state index contributed by atoms with van der Waals surface area (Å²) in [4.78, 5) is 23.1. The first-order valence-electron chi connectivity index (χ1n) is 7.30. The van der Waals surface area contributed by atoms with Crippen molar-refractivity contribution < 1.29 is 19.1 Å². The summed E-state index contributed by atoms with van der Waals surface area (Å²) < 4.78 is 10.8. The SMILES string of the molecule is CCC(=O)OCC(C)(C)C(OC(=O)CC)c1ccccc1. The van der Waals surface area contributed by atoms with Crippen LogP contribution in [0.25, 0.3) is 0 Å². The number of ether oxygens (including phenoxy) is 2. The van der Waals surface area contributed by atoms with Crippen molar-refractivity contribution in [1.29, 1.82) is 0 Å². The highest BCUT2D eigenvalue weighted by Gasteiger charge is 2.35. The smallest absolute Gasteiger partial charge is 0.306 e. The fourth-order valence-corrected chi connectivity index (χ4v) is 1.97. The molecule has 0 aliphatic carbocycles. The van der Waals surface area contributed by atoms with Gasteiger partial charge in [-0.05, 0) is 5.56 Å². The Morgan fingerprint density at radius 3 is 2.14 bits per heavy atom. The maximum Gasteiger partial charge on any atom is 0.306 e. The zero-order valence-electron chi connectivity index (χ0n) is 13.2. The zero-order chi connectivity index (χ0) is 15.9. The maximum atomic E-state index is 11.7. The Hall–Kier alpha value is -1.84. The Balaban J connectivity index is 2.93. The van der Waals surface area contributed by atoms with E-state index in [1.54, 1.807) is 13.8 Å². The number of hydrogen-bond acceptors (Lipinski definition) is 4. The molecule has 1 rings (SSSR count). The fraction of sp³-hybridized carbons (Fsp3) is 0.529. The number of hydrogen-bond donors (Lipinski definition) is 0. The quantitative estimate of drug-likeness (QED) is 0.720. The van der Waals surface area contributed by atoms with Crippen LogP contribution in [0.5, 0.6) is 0 Å². The highest BCUT2D eigenvalue weighted by Crippen LogP contribution is 2.37. The minimum absolute atomic E-state index is 0.205. The van der Waals surface area contributed by atoms with Gasteiger partial charge in [0.1, 0.15) is 12.7 Å². The van der Waals surface area contributed by atoms with E-state index < -0.39 is 11.5 Å². The first-order valence-corrected chi connectivity index (χ1v) is 7.30. The minimum atomic E-state index is -0.503. The highest BCUT2D eigenvalue weighted by atomic mass is 16.6. The third kappa shape index (κ3) is 5.21. The third-order valence-corrected chi connectivity index (χ3v) is 3.24. The van der Waals surface area contributed by atoms with E-state index in [2.05, 4.69) is 0 Å².